The van der Waals surface area contributed by atoms with E-state index in [1.165, 1.54) is 6.42 Å². The third-order valence-electron chi connectivity index (χ3n) is 1.97. The molecule has 0 amide bonds. The minimum absolute atomic E-state index is 0.233. The summed E-state index contributed by atoms with van der Waals surface area (Å²) < 4.78 is 5.54. The van der Waals surface area contributed by atoms with E-state index in [0.29, 0.717) is 0 Å². The summed E-state index contributed by atoms with van der Waals surface area (Å²) in [6, 6.07) is 0. The Kier molecular flexibility index (Phi) is 7.81. The molecule has 0 rings (SSSR count). The number of hydrogen-bond acceptors (Lipinski definition) is 2. The molecule has 0 aliphatic carbocycles. The van der Waals surface area contributed by atoms with Crippen LogP contribution in [-0.2, 0) is 4.74 Å². The molecule has 0 atom stereocenters. The third kappa shape index (κ3) is 8.27. The van der Waals surface area contributed by atoms with Crippen molar-refractivity contribution in [3.63, 3.8) is 0 Å². The van der Waals surface area contributed by atoms with E-state index in [2.05, 4.69) is 26.1 Å². The van der Waals surface area contributed by atoms with Gasteiger partial charge >= 0.3 is 0 Å². The highest BCUT2D eigenvalue weighted by Gasteiger charge is 2.16. The highest BCUT2D eigenvalue weighted by atomic mass is 16.5. The van der Waals surface area contributed by atoms with Gasteiger partial charge in [0.25, 0.3) is 0 Å². The first-order valence-corrected chi connectivity index (χ1v) is 5.52. The predicted molar refractivity (Wildman–Crippen MR) is 62.6 cm³/mol. The number of nitrogens with one attached hydrogen (secondary N) is 1. The molecular weight excluding hydrogens is 174 g/mol. The normalized spacial score (nSPS) is 12.6. The maximum atomic E-state index is 5.54. The van der Waals surface area contributed by atoms with Crippen LogP contribution in [0.2, 0.25) is 0 Å². The molecule has 0 aliphatic rings. The number of rotatable bonds is 8. The first-order chi connectivity index (χ1) is 6.62. The lowest BCUT2D eigenvalue weighted by Crippen LogP contribution is -2.33. The topological polar surface area (TPSA) is 21.3 Å². The van der Waals surface area contributed by atoms with Gasteiger partial charge in [-0.2, -0.15) is 0 Å². The molecule has 0 saturated carbocycles. The third-order valence-corrected chi connectivity index (χ3v) is 1.97. The molecule has 84 valence electrons. The minimum Gasteiger partial charge on any atom is -0.377 e. The minimum atomic E-state index is 0.233. The van der Waals surface area contributed by atoms with E-state index in [9.17, 15) is 0 Å². The number of hydrogen-bond donors (Lipinski definition) is 1. The maximum Gasteiger partial charge on any atom is 0.0647 e. The molecule has 1 N–H and O–H groups in total. The van der Waals surface area contributed by atoms with Gasteiger partial charge in [0.05, 0.1) is 13.2 Å². The van der Waals surface area contributed by atoms with Crippen LogP contribution in [0, 0.1) is 5.41 Å². The molecule has 0 bridgehead atoms. The molecule has 0 fully saturated rings. The molecule has 2 nitrogen and oxygen atoms in total. The second-order valence-corrected chi connectivity index (χ2v) is 4.43. The molecule has 0 radical (unpaired) electrons. The zero-order valence-corrected chi connectivity index (χ0v) is 10.1. The summed E-state index contributed by atoms with van der Waals surface area (Å²) in [7, 11) is 0. The second-order valence-electron chi connectivity index (χ2n) is 4.43. The van der Waals surface area contributed by atoms with E-state index in [-0.39, 0.29) is 5.41 Å². The van der Waals surface area contributed by atoms with Crippen molar-refractivity contribution in [2.24, 2.45) is 5.41 Å². The Balaban J connectivity index is 3.50. The standard InChI is InChI=1S/C12H25NO/c1-5-7-9-14-11-12(3,4)10-13-8-6-2/h5,7,13H,6,8-11H2,1-4H3. The molecule has 0 aromatic rings. The first-order valence-electron chi connectivity index (χ1n) is 5.52. The molecule has 0 aliphatic heterocycles. The Morgan fingerprint density at radius 1 is 1.36 bits per heavy atom. The van der Waals surface area contributed by atoms with Gasteiger partial charge < -0.3 is 10.1 Å². The van der Waals surface area contributed by atoms with Crippen molar-refractivity contribution in [3.05, 3.63) is 12.2 Å². The van der Waals surface area contributed by atoms with Crippen LogP contribution >= 0.6 is 0 Å². The van der Waals surface area contributed by atoms with Crippen molar-refractivity contribution in [2.75, 3.05) is 26.3 Å². The van der Waals surface area contributed by atoms with Gasteiger partial charge in [-0.3, -0.25) is 0 Å². The molecule has 0 unspecified atom stereocenters. The van der Waals surface area contributed by atoms with Crippen molar-refractivity contribution >= 4 is 0 Å². The van der Waals surface area contributed by atoms with Gasteiger partial charge in [-0.05, 0) is 19.9 Å². The van der Waals surface area contributed by atoms with E-state index in [0.717, 1.165) is 26.3 Å². The van der Waals surface area contributed by atoms with Crippen molar-refractivity contribution in [3.8, 4) is 0 Å². The SMILES string of the molecule is CC=CCOCC(C)(C)CNCCC. The van der Waals surface area contributed by atoms with Gasteiger partial charge in [0, 0.05) is 12.0 Å². The van der Waals surface area contributed by atoms with Crippen molar-refractivity contribution in [1.29, 1.82) is 0 Å². The lowest BCUT2D eigenvalue weighted by Gasteiger charge is -2.24. The Hall–Kier alpha value is -0.340. The van der Waals surface area contributed by atoms with Gasteiger partial charge in [-0.25, -0.2) is 0 Å². The van der Waals surface area contributed by atoms with E-state index < -0.39 is 0 Å². The van der Waals surface area contributed by atoms with Crippen LogP contribution in [0.4, 0.5) is 0 Å². The fourth-order valence-electron chi connectivity index (χ4n) is 1.15. The fraction of sp³-hybridized carbons (Fsp3) is 0.833. The molecule has 0 aromatic carbocycles. The van der Waals surface area contributed by atoms with Crippen LogP contribution in [-0.4, -0.2) is 26.3 Å². The van der Waals surface area contributed by atoms with Crippen LogP contribution in [0.5, 0.6) is 0 Å². The average Bonchev–Trinajstić information content (AvgIpc) is 2.13. The molecule has 2 heteroatoms. The van der Waals surface area contributed by atoms with E-state index in [4.69, 9.17) is 4.74 Å². The Labute approximate surface area is 88.7 Å². The highest BCUT2D eigenvalue weighted by Crippen LogP contribution is 2.13. The Morgan fingerprint density at radius 2 is 2.07 bits per heavy atom. The van der Waals surface area contributed by atoms with E-state index in [1.54, 1.807) is 0 Å². The van der Waals surface area contributed by atoms with Gasteiger partial charge in [0.1, 0.15) is 0 Å². The number of ether oxygens (including phenoxy) is 1. The van der Waals surface area contributed by atoms with Crippen LogP contribution in [0.1, 0.15) is 34.1 Å². The van der Waals surface area contributed by atoms with Crippen LogP contribution < -0.4 is 5.32 Å². The fourth-order valence-corrected chi connectivity index (χ4v) is 1.15. The second kappa shape index (κ2) is 8.01. The summed E-state index contributed by atoms with van der Waals surface area (Å²) >= 11 is 0. The first kappa shape index (κ1) is 13.7. The molecule has 14 heavy (non-hydrogen) atoms. The van der Waals surface area contributed by atoms with E-state index in [1.807, 2.05) is 19.1 Å². The van der Waals surface area contributed by atoms with Crippen LogP contribution in [0.25, 0.3) is 0 Å². The summed E-state index contributed by atoms with van der Waals surface area (Å²) in [6.45, 7) is 12.3. The molecule has 0 aromatic heterocycles. The van der Waals surface area contributed by atoms with Crippen molar-refractivity contribution < 1.29 is 4.74 Å². The van der Waals surface area contributed by atoms with E-state index >= 15 is 0 Å². The zero-order chi connectivity index (χ0) is 10.9. The number of allylic oxidation sites excluding steroid dienone is 1. The molecule has 0 saturated heterocycles. The highest BCUT2D eigenvalue weighted by molar-refractivity contribution is 4.77. The van der Waals surface area contributed by atoms with Gasteiger partial charge in [-0.1, -0.05) is 32.9 Å². The lowest BCUT2D eigenvalue weighted by molar-refractivity contribution is 0.0803. The molecular formula is C12H25NO. The Bertz CT molecular complexity index is 152. The molecule has 0 heterocycles. The summed E-state index contributed by atoms with van der Waals surface area (Å²) in [6.07, 6.45) is 5.24. The van der Waals surface area contributed by atoms with Gasteiger partial charge in [0.15, 0.2) is 0 Å². The Morgan fingerprint density at radius 3 is 2.64 bits per heavy atom. The van der Waals surface area contributed by atoms with Crippen molar-refractivity contribution in [1.82, 2.24) is 5.32 Å². The summed E-state index contributed by atoms with van der Waals surface area (Å²) in [5, 5.41) is 3.42. The quantitative estimate of drug-likeness (QED) is 0.479. The smallest absolute Gasteiger partial charge is 0.0647 e. The largest absolute Gasteiger partial charge is 0.377 e. The summed E-state index contributed by atoms with van der Waals surface area (Å²) in [5.74, 6) is 0. The zero-order valence-electron chi connectivity index (χ0n) is 10.1. The van der Waals surface area contributed by atoms with Crippen LogP contribution in [0.15, 0.2) is 12.2 Å². The van der Waals surface area contributed by atoms with Gasteiger partial charge in [0.2, 0.25) is 0 Å². The molecule has 0 spiro atoms. The maximum absolute atomic E-state index is 5.54. The average molecular weight is 199 g/mol. The predicted octanol–water partition coefficient (Wildman–Crippen LogP) is 2.60. The van der Waals surface area contributed by atoms with Gasteiger partial charge in [-0.15, -0.1) is 0 Å². The lowest BCUT2D eigenvalue weighted by atomic mass is 9.95. The monoisotopic (exact) mass is 199 g/mol. The summed E-state index contributed by atoms with van der Waals surface area (Å²) in [5.41, 5.74) is 0.233. The van der Waals surface area contributed by atoms with Crippen LogP contribution in [0.3, 0.4) is 0 Å². The summed E-state index contributed by atoms with van der Waals surface area (Å²) in [4.78, 5) is 0. The van der Waals surface area contributed by atoms with Crippen molar-refractivity contribution in [2.45, 2.75) is 34.1 Å².